The molecular formula is C27H24N6O2. The average Bonchev–Trinajstić information content (AvgIpc) is 3.33. The van der Waals surface area contributed by atoms with E-state index in [9.17, 15) is 4.79 Å². The van der Waals surface area contributed by atoms with Crippen molar-refractivity contribution in [3.63, 3.8) is 0 Å². The molecule has 2 N–H and O–H groups in total. The lowest BCUT2D eigenvalue weighted by molar-refractivity contribution is 0.102. The number of methoxy groups -OCH3 is 1. The minimum atomic E-state index is -0.197. The Hall–Kier alpha value is -4.72. The zero-order valence-corrected chi connectivity index (χ0v) is 19.3. The fourth-order valence-electron chi connectivity index (χ4n) is 3.82. The maximum Gasteiger partial charge on any atom is 0.255 e. The summed E-state index contributed by atoms with van der Waals surface area (Å²) in [6.07, 6.45) is 3.47. The number of ether oxygens (including phenoxy) is 1. The van der Waals surface area contributed by atoms with Crippen LogP contribution in [0.2, 0.25) is 0 Å². The Morgan fingerprint density at radius 2 is 1.83 bits per heavy atom. The van der Waals surface area contributed by atoms with E-state index in [1.807, 2.05) is 78.2 Å². The first-order valence-electron chi connectivity index (χ1n) is 11.2. The molecule has 5 aromatic rings. The van der Waals surface area contributed by atoms with E-state index >= 15 is 0 Å². The zero-order valence-electron chi connectivity index (χ0n) is 19.3. The summed E-state index contributed by atoms with van der Waals surface area (Å²) >= 11 is 0. The van der Waals surface area contributed by atoms with E-state index < -0.39 is 0 Å². The highest BCUT2D eigenvalue weighted by Gasteiger charge is 2.13. The van der Waals surface area contributed by atoms with Gasteiger partial charge in [-0.1, -0.05) is 30.3 Å². The third-order valence-corrected chi connectivity index (χ3v) is 5.66. The number of rotatable bonds is 7. The van der Waals surface area contributed by atoms with Gasteiger partial charge in [-0.3, -0.25) is 9.36 Å². The number of hydrogen-bond donors (Lipinski definition) is 2. The maximum absolute atomic E-state index is 12.8. The molecule has 174 valence electrons. The fourth-order valence-corrected chi connectivity index (χ4v) is 3.82. The minimum absolute atomic E-state index is 0.130. The molecule has 0 radical (unpaired) electrons. The monoisotopic (exact) mass is 464 g/mol. The van der Waals surface area contributed by atoms with Crippen molar-refractivity contribution in [2.45, 2.75) is 13.0 Å². The molecule has 0 bridgehead atoms. The summed E-state index contributed by atoms with van der Waals surface area (Å²) in [7, 11) is 1.59. The molecular weight excluding hydrogens is 440 g/mol. The van der Waals surface area contributed by atoms with Gasteiger partial charge in [0.05, 0.1) is 24.2 Å². The highest BCUT2D eigenvalue weighted by molar-refractivity contribution is 6.04. The summed E-state index contributed by atoms with van der Waals surface area (Å²) < 4.78 is 7.15. The van der Waals surface area contributed by atoms with Crippen molar-refractivity contribution in [3.05, 3.63) is 103 Å². The molecule has 8 nitrogen and oxygen atoms in total. The highest BCUT2D eigenvalue weighted by Crippen LogP contribution is 2.22. The molecule has 3 aromatic carbocycles. The van der Waals surface area contributed by atoms with Crippen molar-refractivity contribution in [2.75, 3.05) is 17.7 Å². The lowest BCUT2D eigenvalue weighted by Crippen LogP contribution is -2.14. The van der Waals surface area contributed by atoms with Crippen LogP contribution in [-0.4, -0.2) is 32.5 Å². The van der Waals surface area contributed by atoms with Crippen LogP contribution < -0.4 is 15.4 Å². The molecule has 0 saturated carbocycles. The summed E-state index contributed by atoms with van der Waals surface area (Å²) in [5.41, 5.74) is 4.03. The molecule has 0 aliphatic heterocycles. The summed E-state index contributed by atoms with van der Waals surface area (Å²) in [5, 5.41) is 6.25. The van der Waals surface area contributed by atoms with Crippen LogP contribution in [0.25, 0.3) is 16.9 Å². The molecule has 35 heavy (non-hydrogen) atoms. The van der Waals surface area contributed by atoms with Gasteiger partial charge in [0.2, 0.25) is 5.95 Å². The molecule has 2 heterocycles. The first kappa shape index (κ1) is 22.1. The van der Waals surface area contributed by atoms with Crippen LogP contribution in [-0.2, 0) is 0 Å². The second-order valence-electron chi connectivity index (χ2n) is 8.02. The molecule has 0 saturated heterocycles. The van der Waals surface area contributed by atoms with Gasteiger partial charge in [0, 0.05) is 23.5 Å². The predicted molar refractivity (Wildman–Crippen MR) is 136 cm³/mol. The molecule has 0 spiro atoms. The van der Waals surface area contributed by atoms with E-state index in [0.717, 1.165) is 22.4 Å². The lowest BCUT2D eigenvalue weighted by atomic mass is 10.0. The van der Waals surface area contributed by atoms with Crippen LogP contribution in [0.15, 0.2) is 91.4 Å². The van der Waals surface area contributed by atoms with Crippen molar-refractivity contribution >= 4 is 28.6 Å². The normalized spacial score (nSPS) is 11.7. The Labute approximate surface area is 202 Å². The van der Waals surface area contributed by atoms with E-state index in [1.165, 1.54) is 0 Å². The lowest BCUT2D eigenvalue weighted by Gasteiger charge is -2.16. The number of amides is 1. The van der Waals surface area contributed by atoms with Gasteiger partial charge in [-0.2, -0.15) is 4.98 Å². The van der Waals surface area contributed by atoms with Crippen LogP contribution in [0.3, 0.4) is 0 Å². The summed E-state index contributed by atoms with van der Waals surface area (Å²) in [5.74, 6) is 1.69. The molecule has 0 aliphatic carbocycles. The van der Waals surface area contributed by atoms with E-state index in [-0.39, 0.29) is 11.9 Å². The Bertz CT molecular complexity index is 1500. The predicted octanol–water partition coefficient (Wildman–Crippen LogP) is 5.25. The number of carbonyl (C=O) groups excluding carboxylic acids is 1. The molecule has 5 rings (SSSR count). The van der Waals surface area contributed by atoms with E-state index in [0.29, 0.717) is 22.9 Å². The minimum Gasteiger partial charge on any atom is -0.497 e. The standard InChI is InChI=1S/C27H24N6O2/c1-18(19-7-5-8-20(15-19)26(34)31-21-9-6-10-22(16-21)35-2)30-27-28-14-13-25(32-27)33-17-29-23-11-3-4-12-24(23)33/h3-18H,1-2H3,(H,31,34)(H,28,30,32)/t18-/m0/s1. The van der Waals surface area contributed by atoms with Crippen molar-refractivity contribution in [1.29, 1.82) is 0 Å². The molecule has 0 unspecified atom stereocenters. The average molecular weight is 465 g/mol. The van der Waals surface area contributed by atoms with Gasteiger partial charge in [-0.25, -0.2) is 9.97 Å². The van der Waals surface area contributed by atoms with E-state index in [4.69, 9.17) is 4.74 Å². The molecule has 8 heteroatoms. The number of anilines is 2. The summed E-state index contributed by atoms with van der Waals surface area (Å²) in [6, 6.07) is 24.3. The number of nitrogens with one attached hydrogen (secondary N) is 2. The van der Waals surface area contributed by atoms with Gasteiger partial charge in [0.1, 0.15) is 17.9 Å². The third kappa shape index (κ3) is 4.81. The van der Waals surface area contributed by atoms with Crippen LogP contribution >= 0.6 is 0 Å². The second kappa shape index (κ2) is 9.64. The molecule has 1 atom stereocenters. The first-order valence-corrected chi connectivity index (χ1v) is 11.2. The summed E-state index contributed by atoms with van der Waals surface area (Å²) in [6.45, 7) is 2.00. The van der Waals surface area contributed by atoms with Crippen molar-refractivity contribution < 1.29 is 9.53 Å². The number of hydrogen-bond acceptors (Lipinski definition) is 6. The number of nitrogens with zero attached hydrogens (tertiary/aromatic N) is 4. The first-order chi connectivity index (χ1) is 17.1. The van der Waals surface area contributed by atoms with Gasteiger partial charge in [0.25, 0.3) is 5.91 Å². The number of imidazole rings is 1. The van der Waals surface area contributed by atoms with Gasteiger partial charge < -0.3 is 15.4 Å². The Morgan fingerprint density at radius 1 is 0.971 bits per heavy atom. The van der Waals surface area contributed by atoms with E-state index in [1.54, 1.807) is 31.8 Å². The van der Waals surface area contributed by atoms with Gasteiger partial charge >= 0.3 is 0 Å². The maximum atomic E-state index is 12.8. The smallest absolute Gasteiger partial charge is 0.255 e. The van der Waals surface area contributed by atoms with Crippen LogP contribution in [0.5, 0.6) is 5.75 Å². The molecule has 2 aromatic heterocycles. The molecule has 0 fully saturated rings. The molecule has 0 aliphatic rings. The molecule has 1 amide bonds. The van der Waals surface area contributed by atoms with Gasteiger partial charge in [-0.15, -0.1) is 0 Å². The Kier molecular flexibility index (Phi) is 6.09. The van der Waals surface area contributed by atoms with E-state index in [2.05, 4.69) is 25.6 Å². The number of aromatic nitrogens is 4. The number of fused-ring (bicyclic) bond motifs is 1. The zero-order chi connectivity index (χ0) is 24.2. The Balaban J connectivity index is 1.32. The quantitative estimate of drug-likeness (QED) is 0.342. The number of carbonyl (C=O) groups is 1. The third-order valence-electron chi connectivity index (χ3n) is 5.66. The second-order valence-corrected chi connectivity index (χ2v) is 8.02. The van der Waals surface area contributed by atoms with Crippen molar-refractivity contribution in [1.82, 2.24) is 19.5 Å². The highest BCUT2D eigenvalue weighted by atomic mass is 16.5. The van der Waals surface area contributed by atoms with Crippen LogP contribution in [0, 0.1) is 0 Å². The van der Waals surface area contributed by atoms with Crippen molar-refractivity contribution in [2.24, 2.45) is 0 Å². The number of benzene rings is 3. The van der Waals surface area contributed by atoms with Crippen LogP contribution in [0.1, 0.15) is 28.9 Å². The number of para-hydroxylation sites is 2. The topological polar surface area (TPSA) is 94.0 Å². The Morgan fingerprint density at radius 3 is 2.71 bits per heavy atom. The largest absolute Gasteiger partial charge is 0.497 e. The van der Waals surface area contributed by atoms with Gasteiger partial charge in [0.15, 0.2) is 0 Å². The summed E-state index contributed by atoms with van der Waals surface area (Å²) in [4.78, 5) is 26.3. The fraction of sp³-hybridized carbons (Fsp3) is 0.111. The van der Waals surface area contributed by atoms with Crippen molar-refractivity contribution in [3.8, 4) is 11.6 Å². The SMILES string of the molecule is COc1cccc(NC(=O)c2cccc([C@H](C)Nc3nccc(-n4cnc5ccccc54)n3)c2)c1. The van der Waals surface area contributed by atoms with Crippen LogP contribution in [0.4, 0.5) is 11.6 Å². The van der Waals surface area contributed by atoms with Gasteiger partial charge in [-0.05, 0) is 55.0 Å².